The molecule has 1 aliphatic heterocycles. The molecule has 0 radical (unpaired) electrons. The molecule has 0 bridgehead atoms. The van der Waals surface area contributed by atoms with Crippen LogP contribution < -0.4 is 10.1 Å². The van der Waals surface area contributed by atoms with Crippen LogP contribution in [0.4, 0.5) is 0 Å². The van der Waals surface area contributed by atoms with Crippen LogP contribution in [0.1, 0.15) is 33.6 Å². The number of nitrogens with zero attached hydrogens (tertiary/aromatic N) is 3. The summed E-state index contributed by atoms with van der Waals surface area (Å²) in [6.07, 6.45) is 6.05. The summed E-state index contributed by atoms with van der Waals surface area (Å²) in [4.78, 5) is 11.1. The fourth-order valence-corrected chi connectivity index (χ4v) is 3.06. The molecule has 1 unspecified atom stereocenters. The normalized spacial score (nSPS) is 18.5. The van der Waals surface area contributed by atoms with E-state index in [4.69, 9.17) is 9.73 Å². The quantitative estimate of drug-likeness (QED) is 0.477. The van der Waals surface area contributed by atoms with Crippen LogP contribution in [-0.2, 0) is 0 Å². The topological polar surface area (TPSA) is 49.8 Å². The van der Waals surface area contributed by atoms with E-state index in [9.17, 15) is 0 Å². The molecule has 1 aromatic heterocycles. The van der Waals surface area contributed by atoms with Gasteiger partial charge < -0.3 is 15.0 Å². The van der Waals surface area contributed by atoms with Crippen LogP contribution in [0.3, 0.4) is 0 Å². The minimum Gasteiger partial charge on any atom is -0.490 e. The van der Waals surface area contributed by atoms with Crippen LogP contribution in [0.25, 0.3) is 0 Å². The first kappa shape index (κ1) is 17.6. The zero-order valence-electron chi connectivity index (χ0n) is 14.7. The zero-order chi connectivity index (χ0) is 16.5. The molecule has 0 saturated carbocycles. The van der Waals surface area contributed by atoms with Crippen LogP contribution >= 0.6 is 0 Å². The molecular formula is C18H30N4O. The molecule has 0 amide bonds. The smallest absolute Gasteiger partial charge is 0.194 e. The highest BCUT2D eigenvalue weighted by atomic mass is 16.5. The second kappa shape index (κ2) is 9.38. The molecule has 1 saturated heterocycles. The third-order valence-corrected chi connectivity index (χ3v) is 3.98. The number of guanidine groups is 1. The summed E-state index contributed by atoms with van der Waals surface area (Å²) in [6, 6.07) is 3.79. The largest absolute Gasteiger partial charge is 0.490 e. The number of hydrogen-bond acceptors (Lipinski definition) is 3. The van der Waals surface area contributed by atoms with E-state index in [2.05, 4.69) is 36.0 Å². The van der Waals surface area contributed by atoms with Gasteiger partial charge in [0.15, 0.2) is 5.96 Å². The number of ether oxygens (including phenoxy) is 1. The third-order valence-electron chi connectivity index (χ3n) is 3.98. The Bertz CT molecular complexity index is 475. The van der Waals surface area contributed by atoms with Crippen LogP contribution in [0.2, 0.25) is 0 Å². The predicted molar refractivity (Wildman–Crippen MR) is 94.8 cm³/mol. The lowest BCUT2D eigenvalue weighted by Gasteiger charge is -2.22. The Balaban J connectivity index is 1.80. The average Bonchev–Trinajstić information content (AvgIpc) is 2.99. The van der Waals surface area contributed by atoms with E-state index < -0.39 is 0 Å². The molecule has 0 aromatic carbocycles. The molecular weight excluding hydrogens is 288 g/mol. The molecule has 2 heterocycles. The highest BCUT2D eigenvalue weighted by molar-refractivity contribution is 5.80. The lowest BCUT2D eigenvalue weighted by atomic mass is 9.97. The lowest BCUT2D eigenvalue weighted by Crippen LogP contribution is -2.40. The molecule has 1 fully saturated rings. The second-order valence-electron chi connectivity index (χ2n) is 6.50. The van der Waals surface area contributed by atoms with E-state index in [0.29, 0.717) is 13.2 Å². The van der Waals surface area contributed by atoms with Gasteiger partial charge in [0.25, 0.3) is 0 Å². The van der Waals surface area contributed by atoms with E-state index in [0.717, 1.165) is 43.2 Å². The van der Waals surface area contributed by atoms with Crippen molar-refractivity contribution in [2.45, 2.75) is 33.6 Å². The van der Waals surface area contributed by atoms with Gasteiger partial charge in [-0.05, 0) is 43.7 Å². The number of rotatable bonds is 7. The first-order valence-electron chi connectivity index (χ1n) is 8.75. The van der Waals surface area contributed by atoms with Gasteiger partial charge in [-0.1, -0.05) is 13.8 Å². The third kappa shape index (κ3) is 6.08. The molecule has 1 aromatic rings. The van der Waals surface area contributed by atoms with Crippen molar-refractivity contribution in [3.63, 3.8) is 0 Å². The number of likely N-dealkylation sites (tertiary alicyclic amines) is 1. The van der Waals surface area contributed by atoms with E-state index >= 15 is 0 Å². The lowest BCUT2D eigenvalue weighted by molar-refractivity contribution is 0.326. The number of pyridine rings is 1. The maximum atomic E-state index is 5.66. The Morgan fingerprint density at radius 2 is 2.39 bits per heavy atom. The number of nitrogens with one attached hydrogen (secondary N) is 1. The van der Waals surface area contributed by atoms with Gasteiger partial charge >= 0.3 is 0 Å². The molecule has 5 nitrogen and oxygen atoms in total. The summed E-state index contributed by atoms with van der Waals surface area (Å²) in [5.74, 6) is 3.39. The standard InChI is InChI=1S/C18H30N4O/c1-4-20-18(22-10-7-16(14-22)12-15(2)3)21-9-11-23-17-6-5-8-19-13-17/h5-6,8,13,15-16H,4,7,9-12,14H2,1-3H3,(H,20,21). The highest BCUT2D eigenvalue weighted by Crippen LogP contribution is 2.23. The van der Waals surface area contributed by atoms with E-state index in [-0.39, 0.29) is 0 Å². The number of aliphatic imine (C=N–C) groups is 1. The van der Waals surface area contributed by atoms with Gasteiger partial charge in [0.1, 0.15) is 12.4 Å². The first-order chi connectivity index (χ1) is 11.2. The van der Waals surface area contributed by atoms with Gasteiger partial charge in [0.05, 0.1) is 12.7 Å². The fourth-order valence-electron chi connectivity index (χ4n) is 3.06. The Morgan fingerprint density at radius 3 is 3.09 bits per heavy atom. The minimum absolute atomic E-state index is 0.573. The van der Waals surface area contributed by atoms with E-state index in [1.165, 1.54) is 12.8 Å². The SMILES string of the molecule is CCNC(=NCCOc1cccnc1)N1CCC(CC(C)C)C1. The molecule has 1 N–H and O–H groups in total. The molecule has 1 aliphatic rings. The van der Waals surface area contributed by atoms with Gasteiger partial charge in [-0.3, -0.25) is 4.98 Å². The van der Waals surface area contributed by atoms with Crippen molar-refractivity contribution in [2.24, 2.45) is 16.8 Å². The maximum absolute atomic E-state index is 5.66. The summed E-state index contributed by atoms with van der Waals surface area (Å²) in [6.45, 7) is 11.1. The summed E-state index contributed by atoms with van der Waals surface area (Å²) in [7, 11) is 0. The maximum Gasteiger partial charge on any atom is 0.194 e. The minimum atomic E-state index is 0.573. The molecule has 1 atom stereocenters. The molecule has 128 valence electrons. The second-order valence-corrected chi connectivity index (χ2v) is 6.50. The van der Waals surface area contributed by atoms with Gasteiger partial charge in [-0.25, -0.2) is 4.99 Å². The summed E-state index contributed by atoms with van der Waals surface area (Å²) in [5, 5.41) is 3.41. The number of hydrogen-bond donors (Lipinski definition) is 1. The zero-order valence-corrected chi connectivity index (χ0v) is 14.7. The fraction of sp³-hybridized carbons (Fsp3) is 0.667. The highest BCUT2D eigenvalue weighted by Gasteiger charge is 2.25. The van der Waals surface area contributed by atoms with E-state index in [1.807, 2.05) is 12.1 Å². The average molecular weight is 318 g/mol. The summed E-state index contributed by atoms with van der Waals surface area (Å²) in [5.41, 5.74) is 0. The van der Waals surface area contributed by atoms with Crippen molar-refractivity contribution >= 4 is 5.96 Å². The molecule has 2 rings (SSSR count). The molecule has 0 aliphatic carbocycles. The van der Waals surface area contributed by atoms with Crippen LogP contribution in [0, 0.1) is 11.8 Å². The van der Waals surface area contributed by atoms with Gasteiger partial charge in [-0.2, -0.15) is 0 Å². The Labute approximate surface area is 140 Å². The first-order valence-corrected chi connectivity index (χ1v) is 8.75. The van der Waals surface area contributed by atoms with Crippen LogP contribution in [0.15, 0.2) is 29.5 Å². The van der Waals surface area contributed by atoms with Crippen LogP contribution in [0.5, 0.6) is 5.75 Å². The van der Waals surface area contributed by atoms with Gasteiger partial charge in [0, 0.05) is 25.8 Å². The molecule has 23 heavy (non-hydrogen) atoms. The Hall–Kier alpha value is -1.78. The Morgan fingerprint density at radius 1 is 1.52 bits per heavy atom. The summed E-state index contributed by atoms with van der Waals surface area (Å²) < 4.78 is 5.66. The van der Waals surface area contributed by atoms with Crippen LogP contribution in [-0.4, -0.2) is 48.6 Å². The van der Waals surface area contributed by atoms with Crippen molar-refractivity contribution < 1.29 is 4.74 Å². The van der Waals surface area contributed by atoms with Crippen molar-refractivity contribution in [3.8, 4) is 5.75 Å². The summed E-state index contributed by atoms with van der Waals surface area (Å²) >= 11 is 0. The molecule has 0 spiro atoms. The number of aromatic nitrogens is 1. The van der Waals surface area contributed by atoms with Crippen molar-refractivity contribution in [1.82, 2.24) is 15.2 Å². The predicted octanol–water partition coefficient (Wildman–Crippen LogP) is 2.79. The van der Waals surface area contributed by atoms with Gasteiger partial charge in [-0.15, -0.1) is 0 Å². The molecule has 5 heteroatoms. The van der Waals surface area contributed by atoms with Gasteiger partial charge in [0.2, 0.25) is 0 Å². The Kier molecular flexibility index (Phi) is 7.17. The van der Waals surface area contributed by atoms with Crippen molar-refractivity contribution in [2.75, 3.05) is 32.8 Å². The van der Waals surface area contributed by atoms with Crippen molar-refractivity contribution in [1.29, 1.82) is 0 Å². The van der Waals surface area contributed by atoms with E-state index in [1.54, 1.807) is 12.4 Å². The van der Waals surface area contributed by atoms with Crippen molar-refractivity contribution in [3.05, 3.63) is 24.5 Å². The monoisotopic (exact) mass is 318 g/mol.